The van der Waals surface area contributed by atoms with Crippen molar-refractivity contribution in [2.75, 3.05) is 37.6 Å². The van der Waals surface area contributed by atoms with E-state index in [-0.39, 0.29) is 23.0 Å². The number of rotatable bonds is 7. The molecule has 1 aromatic heterocycles. The molecule has 0 atom stereocenters. The van der Waals surface area contributed by atoms with Crippen molar-refractivity contribution < 1.29 is 9.18 Å². The molecule has 0 aliphatic heterocycles. The highest BCUT2D eigenvalue weighted by atomic mass is 32.2. The van der Waals surface area contributed by atoms with Gasteiger partial charge in [-0.15, -0.1) is 10.2 Å². The number of hydrogen-bond acceptors (Lipinski definition) is 6. The summed E-state index contributed by atoms with van der Waals surface area (Å²) in [5, 5.41) is 8.29. The SMILES string of the molecule is CN(Cc1ccc(N(C)C)cc1)C(=O)CSc1nnc(-c2ccccc2F)n1N. The van der Waals surface area contributed by atoms with Crippen LogP contribution in [0.15, 0.2) is 53.7 Å². The normalized spacial score (nSPS) is 10.8. The monoisotopic (exact) mass is 414 g/mol. The predicted octanol–water partition coefficient (Wildman–Crippen LogP) is 2.61. The molecule has 0 spiro atoms. The van der Waals surface area contributed by atoms with E-state index in [0.29, 0.717) is 11.7 Å². The highest BCUT2D eigenvalue weighted by Gasteiger charge is 2.17. The van der Waals surface area contributed by atoms with Crippen LogP contribution < -0.4 is 10.7 Å². The summed E-state index contributed by atoms with van der Waals surface area (Å²) in [5.41, 5.74) is 2.41. The van der Waals surface area contributed by atoms with E-state index >= 15 is 0 Å². The number of nitrogen functional groups attached to an aromatic ring is 1. The van der Waals surface area contributed by atoms with Crippen LogP contribution >= 0.6 is 11.8 Å². The second-order valence-corrected chi connectivity index (χ2v) is 7.70. The minimum atomic E-state index is -0.431. The fourth-order valence-corrected chi connectivity index (χ4v) is 3.50. The number of carbonyl (C=O) groups is 1. The maximum atomic E-state index is 14.0. The molecule has 3 aromatic rings. The Morgan fingerprint density at radius 1 is 1.10 bits per heavy atom. The molecule has 0 fully saturated rings. The smallest absolute Gasteiger partial charge is 0.233 e. The van der Waals surface area contributed by atoms with Gasteiger partial charge in [-0.1, -0.05) is 36.0 Å². The summed E-state index contributed by atoms with van der Waals surface area (Å²) >= 11 is 1.17. The third-order valence-corrected chi connectivity index (χ3v) is 5.33. The van der Waals surface area contributed by atoms with Gasteiger partial charge < -0.3 is 15.6 Å². The van der Waals surface area contributed by atoms with Crippen molar-refractivity contribution in [3.8, 4) is 11.4 Å². The fraction of sp³-hybridized carbons (Fsp3) is 0.250. The van der Waals surface area contributed by atoms with Gasteiger partial charge in [0.05, 0.1) is 11.3 Å². The van der Waals surface area contributed by atoms with Gasteiger partial charge in [0.1, 0.15) is 5.82 Å². The summed E-state index contributed by atoms with van der Waals surface area (Å²) in [7, 11) is 5.71. The Morgan fingerprint density at radius 2 is 1.79 bits per heavy atom. The van der Waals surface area contributed by atoms with Gasteiger partial charge in [0.25, 0.3) is 0 Å². The Morgan fingerprint density at radius 3 is 2.45 bits per heavy atom. The van der Waals surface area contributed by atoms with E-state index < -0.39 is 5.82 Å². The first-order valence-electron chi connectivity index (χ1n) is 8.95. The Hall–Kier alpha value is -3.07. The largest absolute Gasteiger partial charge is 0.378 e. The van der Waals surface area contributed by atoms with E-state index in [2.05, 4.69) is 10.2 Å². The van der Waals surface area contributed by atoms with Crippen LogP contribution in [0.5, 0.6) is 0 Å². The lowest BCUT2D eigenvalue weighted by atomic mass is 10.2. The highest BCUT2D eigenvalue weighted by molar-refractivity contribution is 7.99. The molecule has 0 aliphatic carbocycles. The van der Waals surface area contributed by atoms with E-state index in [1.54, 1.807) is 30.1 Å². The van der Waals surface area contributed by atoms with Crippen molar-refractivity contribution in [2.24, 2.45) is 0 Å². The molecule has 3 rings (SSSR count). The average molecular weight is 415 g/mol. The summed E-state index contributed by atoms with van der Waals surface area (Å²) in [5.74, 6) is 5.87. The minimum absolute atomic E-state index is 0.0675. The highest BCUT2D eigenvalue weighted by Crippen LogP contribution is 2.24. The third-order valence-electron chi connectivity index (χ3n) is 4.40. The van der Waals surface area contributed by atoms with Crippen LogP contribution in [0.3, 0.4) is 0 Å². The summed E-state index contributed by atoms with van der Waals surface area (Å²) in [6, 6.07) is 14.2. The molecule has 0 radical (unpaired) electrons. The number of nitrogens with two attached hydrogens (primary N) is 1. The number of thioether (sulfide) groups is 1. The molecule has 0 bridgehead atoms. The van der Waals surface area contributed by atoms with Crippen molar-refractivity contribution in [3.63, 3.8) is 0 Å². The fourth-order valence-electron chi connectivity index (χ4n) is 2.70. The molecule has 0 saturated heterocycles. The van der Waals surface area contributed by atoms with Gasteiger partial charge in [-0.25, -0.2) is 9.07 Å². The molecular formula is C20H23FN6OS. The zero-order valence-corrected chi connectivity index (χ0v) is 17.4. The van der Waals surface area contributed by atoms with Crippen LogP contribution in [0, 0.1) is 5.82 Å². The number of halogens is 1. The van der Waals surface area contributed by atoms with E-state index in [9.17, 15) is 9.18 Å². The van der Waals surface area contributed by atoms with Gasteiger partial charge in [0.2, 0.25) is 11.1 Å². The molecular weight excluding hydrogens is 391 g/mol. The molecule has 29 heavy (non-hydrogen) atoms. The number of hydrogen-bond donors (Lipinski definition) is 1. The number of aromatic nitrogens is 3. The van der Waals surface area contributed by atoms with Gasteiger partial charge in [0, 0.05) is 33.4 Å². The van der Waals surface area contributed by atoms with Gasteiger partial charge in [0.15, 0.2) is 5.82 Å². The van der Waals surface area contributed by atoms with Crippen LogP contribution in [0.4, 0.5) is 10.1 Å². The molecule has 2 N–H and O–H groups in total. The summed E-state index contributed by atoms with van der Waals surface area (Å²) in [6.45, 7) is 0.503. The lowest BCUT2D eigenvalue weighted by Gasteiger charge is -2.18. The maximum Gasteiger partial charge on any atom is 0.233 e. The first kappa shape index (κ1) is 20.7. The van der Waals surface area contributed by atoms with Crippen LogP contribution in [-0.4, -0.2) is 52.6 Å². The van der Waals surface area contributed by atoms with Crippen LogP contribution in [-0.2, 0) is 11.3 Å². The van der Waals surface area contributed by atoms with Crippen LogP contribution in [0.25, 0.3) is 11.4 Å². The minimum Gasteiger partial charge on any atom is -0.378 e. The Labute approximate surface area is 173 Å². The van der Waals surface area contributed by atoms with Crippen LogP contribution in [0.1, 0.15) is 5.56 Å². The number of nitrogens with zero attached hydrogens (tertiary/aromatic N) is 5. The molecule has 0 aliphatic rings. The van der Waals surface area contributed by atoms with Gasteiger partial charge in [-0.3, -0.25) is 4.79 Å². The average Bonchev–Trinajstić information content (AvgIpc) is 3.07. The molecule has 7 nitrogen and oxygen atoms in total. The van der Waals surface area contributed by atoms with Crippen molar-refractivity contribution in [1.29, 1.82) is 0 Å². The first-order valence-corrected chi connectivity index (χ1v) is 9.94. The van der Waals surface area contributed by atoms with Gasteiger partial charge in [-0.2, -0.15) is 0 Å². The molecule has 9 heteroatoms. The Bertz CT molecular complexity index is 989. The molecule has 1 heterocycles. The molecule has 152 valence electrons. The second kappa shape index (κ2) is 8.95. The Balaban J connectivity index is 1.60. The van der Waals surface area contributed by atoms with E-state index in [1.807, 2.05) is 43.3 Å². The van der Waals surface area contributed by atoms with Crippen molar-refractivity contribution >= 4 is 23.4 Å². The van der Waals surface area contributed by atoms with Crippen LogP contribution in [0.2, 0.25) is 0 Å². The van der Waals surface area contributed by atoms with E-state index in [1.165, 1.54) is 22.5 Å². The Kier molecular flexibility index (Phi) is 6.38. The summed E-state index contributed by atoms with van der Waals surface area (Å²) < 4.78 is 15.2. The number of carbonyl (C=O) groups excluding carboxylic acids is 1. The number of benzene rings is 2. The maximum absolute atomic E-state index is 14.0. The van der Waals surface area contributed by atoms with Gasteiger partial charge >= 0.3 is 0 Å². The second-order valence-electron chi connectivity index (χ2n) is 6.76. The molecule has 2 aromatic carbocycles. The lowest BCUT2D eigenvalue weighted by molar-refractivity contribution is -0.127. The van der Waals surface area contributed by atoms with E-state index in [4.69, 9.17) is 5.84 Å². The third kappa shape index (κ3) is 4.86. The van der Waals surface area contributed by atoms with Gasteiger partial charge in [-0.05, 0) is 29.8 Å². The molecule has 0 unspecified atom stereocenters. The number of anilines is 1. The van der Waals surface area contributed by atoms with Crippen molar-refractivity contribution in [1.82, 2.24) is 19.8 Å². The number of amides is 1. The predicted molar refractivity (Wildman–Crippen MR) is 114 cm³/mol. The summed E-state index contributed by atoms with van der Waals surface area (Å²) in [4.78, 5) is 16.1. The molecule has 0 saturated carbocycles. The van der Waals surface area contributed by atoms with E-state index in [0.717, 1.165) is 11.3 Å². The quantitative estimate of drug-likeness (QED) is 0.473. The summed E-state index contributed by atoms with van der Waals surface area (Å²) in [6.07, 6.45) is 0. The standard InChI is InChI=1S/C20H23FN6OS/c1-25(2)15-10-8-14(9-11-15)12-26(3)18(28)13-29-20-24-23-19(27(20)22)16-6-4-5-7-17(16)21/h4-11H,12-13,22H2,1-3H3. The van der Waals surface area contributed by atoms with Crippen molar-refractivity contribution in [3.05, 3.63) is 59.9 Å². The molecule has 1 amide bonds. The zero-order valence-electron chi connectivity index (χ0n) is 16.5. The van der Waals surface area contributed by atoms with Crippen molar-refractivity contribution in [2.45, 2.75) is 11.7 Å². The zero-order chi connectivity index (χ0) is 21.0. The first-order chi connectivity index (χ1) is 13.9. The lowest BCUT2D eigenvalue weighted by Crippen LogP contribution is -2.28. The topological polar surface area (TPSA) is 80.3 Å².